The van der Waals surface area contributed by atoms with Crippen molar-refractivity contribution in [3.8, 4) is 11.5 Å². The van der Waals surface area contributed by atoms with E-state index in [1.165, 1.54) is 0 Å². The quantitative estimate of drug-likeness (QED) is 0.615. The fourth-order valence-electron chi connectivity index (χ4n) is 3.45. The van der Waals surface area contributed by atoms with Crippen LogP contribution in [0.15, 0.2) is 30.6 Å². The lowest BCUT2D eigenvalue weighted by molar-refractivity contribution is -0.147. The number of nitrogens with zero attached hydrogens (tertiary/aromatic N) is 2. The molecule has 0 radical (unpaired) electrons. The number of imidazole rings is 1. The molecule has 0 saturated carbocycles. The smallest absolute Gasteiger partial charge is 0.309 e. The van der Waals surface area contributed by atoms with E-state index in [2.05, 4.69) is 18.0 Å². The number of benzene rings is 1. The Balaban J connectivity index is 1.74. The molecule has 1 aliphatic rings. The van der Waals surface area contributed by atoms with Gasteiger partial charge in [-0.15, -0.1) is 0 Å². The molecule has 1 aromatic carbocycles. The SMILES string of the molecule is CCCC1Oc2ccc(OCCCC(C)(C)C(=O)O)cc2C=C1c1nccn1C. The monoisotopic (exact) mass is 398 g/mol. The maximum Gasteiger partial charge on any atom is 0.309 e. The molecule has 1 unspecified atom stereocenters. The van der Waals surface area contributed by atoms with Crippen molar-refractivity contribution in [2.75, 3.05) is 6.61 Å². The molecular weight excluding hydrogens is 368 g/mol. The second-order valence-electron chi connectivity index (χ2n) is 8.20. The van der Waals surface area contributed by atoms with Crippen molar-refractivity contribution in [2.24, 2.45) is 12.5 Å². The van der Waals surface area contributed by atoms with Gasteiger partial charge in [0.1, 0.15) is 23.4 Å². The Morgan fingerprint density at radius 3 is 2.83 bits per heavy atom. The van der Waals surface area contributed by atoms with Crippen LogP contribution in [-0.4, -0.2) is 33.3 Å². The van der Waals surface area contributed by atoms with Gasteiger partial charge in [-0.3, -0.25) is 4.79 Å². The van der Waals surface area contributed by atoms with E-state index in [4.69, 9.17) is 9.47 Å². The highest BCUT2D eigenvalue weighted by Crippen LogP contribution is 2.37. The molecule has 6 nitrogen and oxygen atoms in total. The molecular formula is C23H30N2O4. The summed E-state index contributed by atoms with van der Waals surface area (Å²) in [5, 5.41) is 9.20. The third kappa shape index (κ3) is 4.81. The van der Waals surface area contributed by atoms with Crippen LogP contribution < -0.4 is 9.47 Å². The average molecular weight is 399 g/mol. The molecule has 2 heterocycles. The van der Waals surface area contributed by atoms with Gasteiger partial charge in [-0.1, -0.05) is 13.3 Å². The number of rotatable bonds is 9. The van der Waals surface area contributed by atoms with Crippen molar-refractivity contribution in [3.63, 3.8) is 0 Å². The zero-order valence-electron chi connectivity index (χ0n) is 17.6. The molecule has 1 aliphatic heterocycles. The van der Waals surface area contributed by atoms with Crippen LogP contribution in [0.2, 0.25) is 0 Å². The van der Waals surface area contributed by atoms with Gasteiger partial charge in [0, 0.05) is 30.6 Å². The number of hydrogen-bond donors (Lipinski definition) is 1. The van der Waals surface area contributed by atoms with Crippen LogP contribution in [0, 0.1) is 5.41 Å². The van der Waals surface area contributed by atoms with Crippen LogP contribution >= 0.6 is 0 Å². The van der Waals surface area contributed by atoms with Crippen LogP contribution in [0.5, 0.6) is 11.5 Å². The largest absolute Gasteiger partial charge is 0.494 e. The molecule has 1 atom stereocenters. The zero-order chi connectivity index (χ0) is 21.0. The number of aromatic nitrogens is 2. The predicted octanol–water partition coefficient (Wildman–Crippen LogP) is 4.79. The Kier molecular flexibility index (Phi) is 6.30. The molecule has 0 fully saturated rings. The normalized spacial score (nSPS) is 16.0. The van der Waals surface area contributed by atoms with Gasteiger partial charge in [-0.2, -0.15) is 0 Å². The average Bonchev–Trinajstić information content (AvgIpc) is 3.10. The second kappa shape index (κ2) is 8.72. The predicted molar refractivity (Wildman–Crippen MR) is 113 cm³/mol. The highest BCUT2D eigenvalue weighted by molar-refractivity contribution is 5.85. The van der Waals surface area contributed by atoms with Crippen LogP contribution in [-0.2, 0) is 11.8 Å². The molecule has 156 valence electrons. The Labute approximate surface area is 172 Å². The fraction of sp³-hybridized carbons (Fsp3) is 0.478. The Bertz CT molecular complexity index is 898. The highest BCUT2D eigenvalue weighted by Gasteiger charge is 2.27. The second-order valence-corrected chi connectivity index (χ2v) is 8.20. The van der Waals surface area contributed by atoms with E-state index in [0.717, 1.165) is 41.3 Å². The van der Waals surface area contributed by atoms with Gasteiger partial charge >= 0.3 is 5.97 Å². The summed E-state index contributed by atoms with van der Waals surface area (Å²) in [5.74, 6) is 1.74. The van der Waals surface area contributed by atoms with Crippen LogP contribution in [0.1, 0.15) is 57.8 Å². The van der Waals surface area contributed by atoms with Crippen molar-refractivity contribution >= 4 is 17.6 Å². The highest BCUT2D eigenvalue weighted by atomic mass is 16.5. The van der Waals surface area contributed by atoms with Gasteiger partial charge in [-0.25, -0.2) is 4.98 Å². The Morgan fingerprint density at radius 1 is 1.38 bits per heavy atom. The number of aliphatic carboxylic acids is 1. The van der Waals surface area contributed by atoms with E-state index in [1.54, 1.807) is 20.0 Å². The standard InChI is InChI=1S/C23H30N2O4/c1-5-7-20-18(21-24-11-12-25(21)4)15-16-14-17(8-9-19(16)29-20)28-13-6-10-23(2,3)22(26)27/h8-9,11-12,14-15,20H,5-7,10,13H2,1-4H3,(H,26,27). The lowest BCUT2D eigenvalue weighted by Crippen LogP contribution is -2.24. The third-order valence-electron chi connectivity index (χ3n) is 5.33. The van der Waals surface area contributed by atoms with Crippen LogP contribution in [0.25, 0.3) is 11.6 Å². The molecule has 1 N–H and O–H groups in total. The Morgan fingerprint density at radius 2 is 2.17 bits per heavy atom. The van der Waals surface area contributed by atoms with Crippen LogP contribution in [0.3, 0.4) is 0 Å². The first-order chi connectivity index (χ1) is 13.8. The third-order valence-corrected chi connectivity index (χ3v) is 5.33. The summed E-state index contributed by atoms with van der Waals surface area (Å²) in [5.41, 5.74) is 1.31. The van der Waals surface area contributed by atoms with Crippen LogP contribution in [0.4, 0.5) is 0 Å². The van der Waals surface area contributed by atoms with E-state index in [9.17, 15) is 9.90 Å². The van der Waals surface area contributed by atoms with E-state index in [-0.39, 0.29) is 6.10 Å². The lowest BCUT2D eigenvalue weighted by atomic mass is 9.88. The van der Waals surface area contributed by atoms with Crippen molar-refractivity contribution in [1.29, 1.82) is 0 Å². The molecule has 0 bridgehead atoms. The first kappa shape index (κ1) is 21.0. The number of carbonyl (C=O) groups is 1. The fourth-order valence-corrected chi connectivity index (χ4v) is 3.45. The molecule has 0 amide bonds. The van der Waals surface area contributed by atoms with Gasteiger partial charge in [0.25, 0.3) is 0 Å². The minimum atomic E-state index is -0.781. The van der Waals surface area contributed by atoms with E-state index in [1.807, 2.05) is 36.0 Å². The van der Waals surface area contributed by atoms with Gasteiger partial charge < -0.3 is 19.1 Å². The van der Waals surface area contributed by atoms with Gasteiger partial charge in [0.2, 0.25) is 0 Å². The van der Waals surface area contributed by atoms with E-state index < -0.39 is 11.4 Å². The summed E-state index contributed by atoms with van der Waals surface area (Å²) in [6.45, 7) is 6.10. The van der Waals surface area contributed by atoms with Gasteiger partial charge in [-0.05, 0) is 57.4 Å². The molecule has 0 aliphatic carbocycles. The van der Waals surface area contributed by atoms with Crippen molar-refractivity contribution < 1.29 is 19.4 Å². The molecule has 6 heteroatoms. The topological polar surface area (TPSA) is 73.6 Å². The summed E-state index contributed by atoms with van der Waals surface area (Å²) in [7, 11) is 1.99. The molecule has 0 spiro atoms. The zero-order valence-corrected chi connectivity index (χ0v) is 17.6. The first-order valence-electron chi connectivity index (χ1n) is 10.2. The summed E-state index contributed by atoms with van der Waals surface area (Å²) < 4.78 is 14.2. The van der Waals surface area contributed by atoms with Gasteiger partial charge in [0.15, 0.2) is 0 Å². The first-order valence-corrected chi connectivity index (χ1v) is 10.2. The number of carboxylic acids is 1. The minimum Gasteiger partial charge on any atom is -0.494 e. The van der Waals surface area contributed by atoms with Gasteiger partial charge in [0.05, 0.1) is 12.0 Å². The Hall–Kier alpha value is -2.76. The number of hydrogen-bond acceptors (Lipinski definition) is 4. The summed E-state index contributed by atoms with van der Waals surface area (Å²) in [6.07, 6.45) is 9.06. The van der Waals surface area contributed by atoms with Crippen molar-refractivity contribution in [2.45, 2.75) is 52.6 Å². The minimum absolute atomic E-state index is 0.0152. The molecule has 0 saturated heterocycles. The number of fused-ring (bicyclic) bond motifs is 1. The number of aryl methyl sites for hydroxylation is 1. The maximum absolute atomic E-state index is 11.2. The van der Waals surface area contributed by atoms with E-state index >= 15 is 0 Å². The molecule has 29 heavy (non-hydrogen) atoms. The van der Waals surface area contributed by atoms with Crippen molar-refractivity contribution in [3.05, 3.63) is 42.0 Å². The summed E-state index contributed by atoms with van der Waals surface area (Å²) in [6, 6.07) is 5.83. The maximum atomic E-state index is 11.2. The molecule has 2 aromatic rings. The number of carboxylic acid groups (broad SMARTS) is 1. The number of ether oxygens (including phenoxy) is 2. The lowest BCUT2D eigenvalue weighted by Gasteiger charge is -2.27. The molecule has 3 rings (SSSR count). The summed E-state index contributed by atoms with van der Waals surface area (Å²) >= 11 is 0. The van der Waals surface area contributed by atoms with Crippen molar-refractivity contribution in [1.82, 2.24) is 9.55 Å². The van der Waals surface area contributed by atoms with E-state index in [0.29, 0.717) is 19.4 Å². The molecule has 1 aromatic heterocycles. The summed E-state index contributed by atoms with van der Waals surface area (Å²) in [4.78, 5) is 15.7.